The summed E-state index contributed by atoms with van der Waals surface area (Å²) in [5, 5.41) is 11.4. The third-order valence-corrected chi connectivity index (χ3v) is 1.53. The highest BCUT2D eigenvalue weighted by Crippen LogP contribution is 2.13. The van der Waals surface area contributed by atoms with Gasteiger partial charge in [-0.15, -0.1) is 0 Å². The molecular formula is C8H16N4O2. The van der Waals surface area contributed by atoms with Crippen LogP contribution >= 0.6 is 0 Å². The lowest BCUT2D eigenvalue weighted by molar-refractivity contribution is 0.205. The van der Waals surface area contributed by atoms with E-state index < -0.39 is 6.09 Å². The number of primary amides is 1. The van der Waals surface area contributed by atoms with Crippen LogP contribution in [0.25, 0.3) is 0 Å². The number of aromatic nitrogens is 2. The van der Waals surface area contributed by atoms with Gasteiger partial charge in [-0.25, -0.2) is 4.79 Å². The van der Waals surface area contributed by atoms with E-state index in [1.807, 2.05) is 13.1 Å². The van der Waals surface area contributed by atoms with Crippen molar-refractivity contribution in [1.82, 2.24) is 9.78 Å². The summed E-state index contributed by atoms with van der Waals surface area (Å²) in [4.78, 5) is 8.78. The Morgan fingerprint density at radius 2 is 2.07 bits per heavy atom. The summed E-state index contributed by atoms with van der Waals surface area (Å²) in [6.45, 7) is 4.20. The van der Waals surface area contributed by atoms with Gasteiger partial charge in [-0.2, -0.15) is 5.10 Å². The Morgan fingerprint density at radius 3 is 2.21 bits per heavy atom. The molecule has 1 amide bonds. The Morgan fingerprint density at radius 1 is 1.64 bits per heavy atom. The van der Waals surface area contributed by atoms with Crippen molar-refractivity contribution in [2.75, 3.05) is 5.73 Å². The van der Waals surface area contributed by atoms with Crippen molar-refractivity contribution in [2.45, 2.75) is 19.8 Å². The number of carboxylic acid groups (broad SMARTS) is 1. The number of nitrogens with zero attached hydrogens (tertiary/aromatic N) is 2. The Labute approximate surface area is 82.5 Å². The average molecular weight is 200 g/mol. The molecule has 1 rings (SSSR count). The van der Waals surface area contributed by atoms with Crippen LogP contribution in [0.5, 0.6) is 0 Å². The molecule has 5 N–H and O–H groups in total. The first-order valence-electron chi connectivity index (χ1n) is 4.12. The van der Waals surface area contributed by atoms with Crippen LogP contribution in [0.4, 0.5) is 10.6 Å². The summed E-state index contributed by atoms with van der Waals surface area (Å²) in [6.07, 6.45) is -1.33. The van der Waals surface area contributed by atoms with E-state index in [9.17, 15) is 0 Å². The number of nitrogen functional groups attached to an aromatic ring is 1. The number of nitrogens with two attached hydrogens (primary N) is 2. The van der Waals surface area contributed by atoms with Crippen molar-refractivity contribution in [3.63, 3.8) is 0 Å². The molecular weight excluding hydrogens is 184 g/mol. The van der Waals surface area contributed by atoms with Crippen LogP contribution in [0.3, 0.4) is 0 Å². The Hall–Kier alpha value is -1.72. The van der Waals surface area contributed by atoms with Crippen LogP contribution in [0.15, 0.2) is 6.07 Å². The van der Waals surface area contributed by atoms with Crippen molar-refractivity contribution in [1.29, 1.82) is 0 Å². The van der Waals surface area contributed by atoms with Gasteiger partial charge in [0.15, 0.2) is 0 Å². The van der Waals surface area contributed by atoms with Crippen LogP contribution in [0, 0.1) is 0 Å². The first kappa shape index (κ1) is 12.3. The zero-order chi connectivity index (χ0) is 11.3. The second kappa shape index (κ2) is 5.11. The summed E-state index contributed by atoms with van der Waals surface area (Å²) in [6, 6.07) is 1.91. The summed E-state index contributed by atoms with van der Waals surface area (Å²) in [5.41, 5.74) is 10.7. The summed E-state index contributed by atoms with van der Waals surface area (Å²) in [7, 11) is 1.85. The molecule has 6 nitrogen and oxygen atoms in total. The predicted molar refractivity (Wildman–Crippen MR) is 53.9 cm³/mol. The molecule has 0 spiro atoms. The van der Waals surface area contributed by atoms with E-state index >= 15 is 0 Å². The quantitative estimate of drug-likeness (QED) is 0.621. The van der Waals surface area contributed by atoms with Crippen LogP contribution < -0.4 is 11.5 Å². The molecule has 1 aromatic heterocycles. The lowest BCUT2D eigenvalue weighted by Gasteiger charge is -1.95. The first-order valence-corrected chi connectivity index (χ1v) is 4.12. The van der Waals surface area contributed by atoms with Crippen molar-refractivity contribution < 1.29 is 9.90 Å². The van der Waals surface area contributed by atoms with E-state index in [1.165, 1.54) is 0 Å². The van der Waals surface area contributed by atoms with Crippen LogP contribution in [-0.4, -0.2) is 21.0 Å². The number of anilines is 1. The van der Waals surface area contributed by atoms with Gasteiger partial charge in [0.05, 0.1) is 5.69 Å². The van der Waals surface area contributed by atoms with Gasteiger partial charge in [0, 0.05) is 13.1 Å². The van der Waals surface area contributed by atoms with E-state index in [1.54, 1.807) is 4.68 Å². The maximum absolute atomic E-state index is 8.78. The third-order valence-electron chi connectivity index (χ3n) is 1.53. The van der Waals surface area contributed by atoms with E-state index in [0.29, 0.717) is 5.92 Å². The SMILES string of the molecule is CC(C)c1cc(N)n(C)n1.NC(=O)O. The molecule has 1 aromatic rings. The van der Waals surface area contributed by atoms with Gasteiger partial charge in [-0.3, -0.25) is 4.68 Å². The molecule has 0 saturated heterocycles. The maximum atomic E-state index is 8.78. The minimum atomic E-state index is -1.33. The number of hydrogen-bond acceptors (Lipinski definition) is 3. The second-order valence-corrected chi connectivity index (χ2v) is 3.11. The number of aryl methyl sites for hydroxylation is 1. The summed E-state index contributed by atoms with van der Waals surface area (Å²) in [5.74, 6) is 1.19. The van der Waals surface area contributed by atoms with Crippen LogP contribution in [-0.2, 0) is 7.05 Å². The molecule has 0 bridgehead atoms. The molecule has 0 aliphatic rings. The van der Waals surface area contributed by atoms with Crippen molar-refractivity contribution in [3.05, 3.63) is 11.8 Å². The number of carbonyl (C=O) groups is 1. The normalized spacial score (nSPS) is 9.43. The maximum Gasteiger partial charge on any atom is 0.402 e. The van der Waals surface area contributed by atoms with Gasteiger partial charge in [-0.1, -0.05) is 13.8 Å². The lowest BCUT2D eigenvalue weighted by Crippen LogP contribution is -2.03. The van der Waals surface area contributed by atoms with Crippen LogP contribution in [0.1, 0.15) is 25.5 Å². The van der Waals surface area contributed by atoms with E-state index in [-0.39, 0.29) is 0 Å². The summed E-state index contributed by atoms with van der Waals surface area (Å²) >= 11 is 0. The van der Waals surface area contributed by atoms with E-state index in [4.69, 9.17) is 15.6 Å². The van der Waals surface area contributed by atoms with Gasteiger partial charge >= 0.3 is 6.09 Å². The number of hydrogen-bond donors (Lipinski definition) is 3. The molecule has 6 heteroatoms. The molecule has 0 saturated carbocycles. The fraction of sp³-hybridized carbons (Fsp3) is 0.500. The first-order chi connectivity index (χ1) is 6.34. The lowest BCUT2D eigenvalue weighted by atomic mass is 10.1. The zero-order valence-electron chi connectivity index (χ0n) is 8.56. The molecule has 14 heavy (non-hydrogen) atoms. The fourth-order valence-corrected chi connectivity index (χ4v) is 0.787. The van der Waals surface area contributed by atoms with Crippen molar-refractivity contribution in [3.8, 4) is 0 Å². The summed E-state index contributed by atoms with van der Waals surface area (Å²) < 4.78 is 1.69. The molecule has 0 aromatic carbocycles. The second-order valence-electron chi connectivity index (χ2n) is 3.11. The highest BCUT2D eigenvalue weighted by molar-refractivity contribution is 5.61. The number of rotatable bonds is 1. The molecule has 0 atom stereocenters. The van der Waals surface area contributed by atoms with Crippen molar-refractivity contribution >= 4 is 11.9 Å². The van der Waals surface area contributed by atoms with Gasteiger partial charge in [0.1, 0.15) is 5.82 Å². The smallest absolute Gasteiger partial charge is 0.402 e. The predicted octanol–water partition coefficient (Wildman–Crippen LogP) is 0.749. The standard InChI is InChI=1S/C7H13N3.CH3NO2/c1-5(2)6-4-7(8)10(3)9-6;2-1(3)4/h4-5H,8H2,1-3H3;2H2,(H,3,4). The van der Waals surface area contributed by atoms with E-state index in [0.717, 1.165) is 11.5 Å². The van der Waals surface area contributed by atoms with Gasteiger partial charge in [0.25, 0.3) is 0 Å². The minimum absolute atomic E-state index is 0.462. The monoisotopic (exact) mass is 200 g/mol. The number of amides is 1. The molecule has 0 fully saturated rings. The largest absolute Gasteiger partial charge is 0.465 e. The molecule has 80 valence electrons. The molecule has 0 radical (unpaired) electrons. The molecule has 0 aliphatic carbocycles. The Bertz CT molecular complexity index is 283. The van der Waals surface area contributed by atoms with Gasteiger partial charge in [-0.05, 0) is 5.92 Å². The fourth-order valence-electron chi connectivity index (χ4n) is 0.787. The average Bonchev–Trinajstić information content (AvgIpc) is 2.31. The van der Waals surface area contributed by atoms with E-state index in [2.05, 4.69) is 24.7 Å². The van der Waals surface area contributed by atoms with Crippen molar-refractivity contribution in [2.24, 2.45) is 12.8 Å². The van der Waals surface area contributed by atoms with Crippen LogP contribution in [0.2, 0.25) is 0 Å². The minimum Gasteiger partial charge on any atom is -0.465 e. The highest BCUT2D eigenvalue weighted by atomic mass is 16.4. The van der Waals surface area contributed by atoms with Gasteiger partial charge in [0.2, 0.25) is 0 Å². The Balaban J connectivity index is 0.000000364. The molecule has 0 aliphatic heterocycles. The highest BCUT2D eigenvalue weighted by Gasteiger charge is 2.04. The molecule has 1 heterocycles. The zero-order valence-corrected chi connectivity index (χ0v) is 8.56. The third kappa shape index (κ3) is 4.34. The molecule has 0 unspecified atom stereocenters. The van der Waals surface area contributed by atoms with Gasteiger partial charge < -0.3 is 16.6 Å². The Kier molecular flexibility index (Phi) is 4.48. The topological polar surface area (TPSA) is 107 Å².